The normalized spacial score (nSPS) is 20.9. The maximum atomic E-state index is 5.41. The molecule has 1 saturated heterocycles. The van der Waals surface area contributed by atoms with Crippen LogP contribution in [0.15, 0.2) is 30.6 Å². The van der Waals surface area contributed by atoms with E-state index >= 15 is 0 Å². The molecule has 1 aromatic heterocycles. The first-order valence-electron chi connectivity index (χ1n) is 8.68. The van der Waals surface area contributed by atoms with Crippen molar-refractivity contribution in [1.82, 2.24) is 14.9 Å². The molecule has 1 atom stereocenters. The van der Waals surface area contributed by atoms with E-state index in [9.17, 15) is 0 Å². The number of rotatable bonds is 3. The Bertz CT molecular complexity index is 733. The molecular weight excluding hydrogens is 300 g/mol. The van der Waals surface area contributed by atoms with Gasteiger partial charge in [-0.2, -0.15) is 0 Å². The van der Waals surface area contributed by atoms with E-state index in [2.05, 4.69) is 45.0 Å². The number of nitrogens with zero attached hydrogens (tertiary/aromatic N) is 4. The van der Waals surface area contributed by atoms with E-state index in [1.54, 1.807) is 13.4 Å². The van der Waals surface area contributed by atoms with Gasteiger partial charge in [0, 0.05) is 31.6 Å². The molecule has 0 radical (unpaired) electrons. The van der Waals surface area contributed by atoms with Crippen LogP contribution in [0.4, 0.5) is 5.82 Å². The SMILES string of the molecule is COc1cccc([C@H]2CCCN2c2ncnc3c2CN(C)CC3)c1. The van der Waals surface area contributed by atoms with Crippen molar-refractivity contribution >= 4 is 5.82 Å². The lowest BCUT2D eigenvalue weighted by Gasteiger charge is -2.32. The minimum Gasteiger partial charge on any atom is -0.497 e. The summed E-state index contributed by atoms with van der Waals surface area (Å²) in [5, 5.41) is 0. The van der Waals surface area contributed by atoms with E-state index in [1.165, 1.54) is 23.2 Å². The van der Waals surface area contributed by atoms with Crippen LogP contribution < -0.4 is 9.64 Å². The average Bonchev–Trinajstić information content (AvgIpc) is 3.10. The third-order valence-corrected chi connectivity index (χ3v) is 5.17. The van der Waals surface area contributed by atoms with E-state index in [0.29, 0.717) is 6.04 Å². The summed E-state index contributed by atoms with van der Waals surface area (Å²) in [5.41, 5.74) is 3.83. The molecule has 2 aliphatic rings. The number of anilines is 1. The van der Waals surface area contributed by atoms with Gasteiger partial charge in [0.25, 0.3) is 0 Å². The van der Waals surface area contributed by atoms with E-state index in [4.69, 9.17) is 4.74 Å². The van der Waals surface area contributed by atoms with Crippen LogP contribution in [0, 0.1) is 0 Å². The fraction of sp³-hybridized carbons (Fsp3) is 0.474. The van der Waals surface area contributed by atoms with Gasteiger partial charge >= 0.3 is 0 Å². The van der Waals surface area contributed by atoms with Gasteiger partial charge in [0.05, 0.1) is 18.8 Å². The molecule has 0 spiro atoms. The van der Waals surface area contributed by atoms with Crippen molar-refractivity contribution in [2.75, 3.05) is 32.1 Å². The first kappa shape index (κ1) is 15.4. The third kappa shape index (κ3) is 2.73. The summed E-state index contributed by atoms with van der Waals surface area (Å²) >= 11 is 0. The van der Waals surface area contributed by atoms with Crippen molar-refractivity contribution < 1.29 is 4.74 Å². The van der Waals surface area contributed by atoms with Crippen LogP contribution in [0.2, 0.25) is 0 Å². The summed E-state index contributed by atoms with van der Waals surface area (Å²) in [6, 6.07) is 8.80. The molecule has 4 rings (SSSR count). The number of aromatic nitrogens is 2. The smallest absolute Gasteiger partial charge is 0.137 e. The quantitative estimate of drug-likeness (QED) is 0.868. The second-order valence-electron chi connectivity index (χ2n) is 6.74. The second kappa shape index (κ2) is 6.40. The van der Waals surface area contributed by atoms with Crippen molar-refractivity contribution in [3.63, 3.8) is 0 Å². The zero-order chi connectivity index (χ0) is 16.5. The standard InChI is InChI=1S/C19H24N4O/c1-22-10-8-17-16(12-22)19(21-13-20-17)23-9-4-7-18(23)14-5-3-6-15(11-14)24-2/h3,5-6,11,13,18H,4,7-10,12H2,1-2H3/t18-/m1/s1. The number of likely N-dealkylation sites (N-methyl/N-ethyl adjacent to an activating group) is 1. The number of hydrogen-bond acceptors (Lipinski definition) is 5. The van der Waals surface area contributed by atoms with Gasteiger partial charge in [-0.1, -0.05) is 12.1 Å². The summed E-state index contributed by atoms with van der Waals surface area (Å²) in [6.45, 7) is 3.06. The van der Waals surface area contributed by atoms with Gasteiger partial charge in [0.1, 0.15) is 17.9 Å². The maximum absolute atomic E-state index is 5.41. The van der Waals surface area contributed by atoms with Crippen LogP contribution in [0.1, 0.15) is 35.7 Å². The first-order valence-corrected chi connectivity index (χ1v) is 8.68. The Labute approximate surface area is 143 Å². The Morgan fingerprint density at radius 2 is 2.12 bits per heavy atom. The molecule has 5 nitrogen and oxygen atoms in total. The number of methoxy groups -OCH3 is 1. The first-order chi connectivity index (χ1) is 11.8. The predicted molar refractivity (Wildman–Crippen MR) is 94.4 cm³/mol. The Hall–Kier alpha value is -2.14. The van der Waals surface area contributed by atoms with Crippen LogP contribution in [-0.4, -0.2) is 42.1 Å². The Morgan fingerprint density at radius 1 is 1.21 bits per heavy atom. The topological polar surface area (TPSA) is 41.5 Å². The molecule has 0 unspecified atom stereocenters. The van der Waals surface area contributed by atoms with Gasteiger partial charge in [-0.15, -0.1) is 0 Å². The highest BCUT2D eigenvalue weighted by Crippen LogP contribution is 2.38. The minimum absolute atomic E-state index is 0.367. The van der Waals surface area contributed by atoms with Gasteiger partial charge in [-0.3, -0.25) is 0 Å². The Morgan fingerprint density at radius 3 is 3.00 bits per heavy atom. The van der Waals surface area contributed by atoms with Crippen LogP contribution in [-0.2, 0) is 13.0 Å². The lowest BCUT2D eigenvalue weighted by atomic mass is 10.0. The zero-order valence-electron chi connectivity index (χ0n) is 14.4. The van der Waals surface area contributed by atoms with Crippen molar-refractivity contribution in [2.45, 2.75) is 31.8 Å². The highest BCUT2D eigenvalue weighted by atomic mass is 16.5. The summed E-state index contributed by atoms with van der Waals surface area (Å²) in [4.78, 5) is 14.0. The molecule has 0 bridgehead atoms. The molecular formula is C19H24N4O. The third-order valence-electron chi connectivity index (χ3n) is 5.17. The van der Waals surface area contributed by atoms with Crippen molar-refractivity contribution in [3.8, 4) is 5.75 Å². The molecule has 126 valence electrons. The van der Waals surface area contributed by atoms with Crippen LogP contribution >= 0.6 is 0 Å². The molecule has 2 aromatic rings. The maximum Gasteiger partial charge on any atom is 0.137 e. The van der Waals surface area contributed by atoms with Crippen molar-refractivity contribution in [3.05, 3.63) is 47.4 Å². The lowest BCUT2D eigenvalue weighted by molar-refractivity contribution is 0.309. The van der Waals surface area contributed by atoms with E-state index in [0.717, 1.165) is 44.0 Å². The molecule has 1 fully saturated rings. The molecule has 2 aliphatic heterocycles. The van der Waals surface area contributed by atoms with Gasteiger partial charge in [-0.25, -0.2) is 9.97 Å². The largest absolute Gasteiger partial charge is 0.497 e. The molecule has 5 heteroatoms. The number of benzene rings is 1. The average molecular weight is 324 g/mol. The zero-order valence-corrected chi connectivity index (χ0v) is 14.4. The van der Waals surface area contributed by atoms with Crippen LogP contribution in [0.5, 0.6) is 5.75 Å². The van der Waals surface area contributed by atoms with Crippen molar-refractivity contribution in [1.29, 1.82) is 0 Å². The molecule has 0 aliphatic carbocycles. The summed E-state index contributed by atoms with van der Waals surface area (Å²) < 4.78 is 5.41. The van der Waals surface area contributed by atoms with E-state index < -0.39 is 0 Å². The van der Waals surface area contributed by atoms with Gasteiger partial charge in [0.2, 0.25) is 0 Å². The Kier molecular flexibility index (Phi) is 4.10. The van der Waals surface area contributed by atoms with E-state index in [-0.39, 0.29) is 0 Å². The van der Waals surface area contributed by atoms with Gasteiger partial charge in [-0.05, 0) is 37.6 Å². The summed E-state index contributed by atoms with van der Waals surface area (Å²) in [5.74, 6) is 2.04. The summed E-state index contributed by atoms with van der Waals surface area (Å²) in [6.07, 6.45) is 5.09. The van der Waals surface area contributed by atoms with Gasteiger partial charge in [0.15, 0.2) is 0 Å². The summed E-state index contributed by atoms with van der Waals surface area (Å²) in [7, 11) is 3.89. The number of hydrogen-bond donors (Lipinski definition) is 0. The highest BCUT2D eigenvalue weighted by Gasteiger charge is 2.31. The van der Waals surface area contributed by atoms with Gasteiger partial charge < -0.3 is 14.5 Å². The molecule has 3 heterocycles. The molecule has 0 saturated carbocycles. The number of fused-ring (bicyclic) bond motifs is 1. The second-order valence-corrected chi connectivity index (χ2v) is 6.74. The van der Waals surface area contributed by atoms with Crippen molar-refractivity contribution in [2.24, 2.45) is 0 Å². The highest BCUT2D eigenvalue weighted by molar-refractivity contribution is 5.53. The fourth-order valence-corrected chi connectivity index (χ4v) is 3.92. The monoisotopic (exact) mass is 324 g/mol. The Balaban J connectivity index is 1.71. The minimum atomic E-state index is 0.367. The van der Waals surface area contributed by atoms with Crippen LogP contribution in [0.3, 0.4) is 0 Å². The molecule has 0 N–H and O–H groups in total. The molecule has 24 heavy (non-hydrogen) atoms. The molecule has 0 amide bonds. The van der Waals surface area contributed by atoms with Crippen LogP contribution in [0.25, 0.3) is 0 Å². The number of ether oxygens (including phenoxy) is 1. The van der Waals surface area contributed by atoms with E-state index in [1.807, 2.05) is 6.07 Å². The molecule has 1 aromatic carbocycles. The lowest BCUT2D eigenvalue weighted by Crippen LogP contribution is -2.32. The predicted octanol–water partition coefficient (Wildman–Crippen LogP) is 2.81. The fourth-order valence-electron chi connectivity index (χ4n) is 3.92.